The molecule has 0 radical (unpaired) electrons. The van der Waals surface area contributed by atoms with Crippen LogP contribution in [0, 0.1) is 45.8 Å². The molecule has 0 N–H and O–H groups in total. The third-order valence-electron chi connectivity index (χ3n) is 4.96. The summed E-state index contributed by atoms with van der Waals surface area (Å²) in [7, 11) is 0. The molecule has 0 aromatic heterocycles. The molecule has 3 aliphatic rings. The van der Waals surface area contributed by atoms with Crippen LogP contribution in [0.25, 0.3) is 0 Å². The van der Waals surface area contributed by atoms with Gasteiger partial charge in [-0.25, -0.2) is 0 Å². The minimum Gasteiger partial charge on any atom is -0.300 e. The number of nitriles is 2. The highest BCUT2D eigenvalue weighted by Crippen LogP contribution is 2.58. The number of rotatable bonds is 0. The SMILES string of the molecule is N#CC1(C#N)C2=CC=CC=C[C@@H]2[C@@H]2CCCC(=O)C[C@@H]21. The molecule has 0 unspecified atom stereocenters. The average Bonchev–Trinajstić information content (AvgIpc) is 2.70. The van der Waals surface area contributed by atoms with E-state index in [1.165, 1.54) is 0 Å². The zero-order valence-corrected chi connectivity index (χ0v) is 11.2. The lowest BCUT2D eigenvalue weighted by Gasteiger charge is -2.24. The standard InChI is InChI=1S/C17H16N2O/c18-10-17(11-19)15-8-3-1-2-6-13(15)14-7-4-5-12(20)9-16(14)17/h1-3,6,8,13-14,16H,4-5,7,9H2/t13-,14+,16+/m1/s1. The summed E-state index contributed by atoms with van der Waals surface area (Å²) < 4.78 is 0. The van der Waals surface area contributed by atoms with Gasteiger partial charge in [0.25, 0.3) is 0 Å². The minimum atomic E-state index is -1.13. The van der Waals surface area contributed by atoms with Gasteiger partial charge in [-0.2, -0.15) is 10.5 Å². The van der Waals surface area contributed by atoms with Crippen molar-refractivity contribution < 1.29 is 4.79 Å². The first kappa shape index (κ1) is 12.9. The van der Waals surface area contributed by atoms with Crippen LogP contribution in [0.3, 0.4) is 0 Å². The first-order chi connectivity index (χ1) is 9.73. The Morgan fingerprint density at radius 1 is 1.20 bits per heavy atom. The van der Waals surface area contributed by atoms with E-state index in [-0.39, 0.29) is 23.5 Å². The normalized spacial score (nSPS) is 34.0. The summed E-state index contributed by atoms with van der Waals surface area (Å²) in [5, 5.41) is 19.4. The van der Waals surface area contributed by atoms with Crippen molar-refractivity contribution in [2.45, 2.75) is 25.7 Å². The monoisotopic (exact) mass is 264 g/mol. The van der Waals surface area contributed by atoms with Crippen molar-refractivity contribution >= 4 is 5.78 Å². The highest BCUT2D eigenvalue weighted by molar-refractivity contribution is 5.79. The molecule has 0 heterocycles. The number of hydrogen-bond acceptors (Lipinski definition) is 3. The van der Waals surface area contributed by atoms with Gasteiger partial charge in [0.05, 0.1) is 12.1 Å². The van der Waals surface area contributed by atoms with E-state index in [0.717, 1.165) is 18.4 Å². The van der Waals surface area contributed by atoms with E-state index in [9.17, 15) is 15.3 Å². The smallest absolute Gasteiger partial charge is 0.169 e. The van der Waals surface area contributed by atoms with E-state index in [4.69, 9.17) is 0 Å². The Balaban J connectivity index is 2.16. The lowest BCUT2D eigenvalue weighted by atomic mass is 9.73. The summed E-state index contributed by atoms with van der Waals surface area (Å²) in [4.78, 5) is 11.9. The van der Waals surface area contributed by atoms with Crippen LogP contribution in [-0.2, 0) is 4.79 Å². The van der Waals surface area contributed by atoms with Gasteiger partial charge in [0.2, 0.25) is 0 Å². The van der Waals surface area contributed by atoms with Crippen LogP contribution < -0.4 is 0 Å². The van der Waals surface area contributed by atoms with Crippen LogP contribution in [0.4, 0.5) is 0 Å². The van der Waals surface area contributed by atoms with E-state index < -0.39 is 5.41 Å². The van der Waals surface area contributed by atoms with Gasteiger partial charge in [0, 0.05) is 24.7 Å². The van der Waals surface area contributed by atoms with Gasteiger partial charge in [0.1, 0.15) is 5.78 Å². The number of ketones is 1. The van der Waals surface area contributed by atoms with E-state index in [1.807, 2.05) is 24.3 Å². The molecule has 3 nitrogen and oxygen atoms in total. The molecule has 20 heavy (non-hydrogen) atoms. The predicted octanol–water partition coefficient (Wildman–Crippen LogP) is 3.08. The maximum atomic E-state index is 11.9. The van der Waals surface area contributed by atoms with Crippen LogP contribution in [-0.4, -0.2) is 5.78 Å². The van der Waals surface area contributed by atoms with Crippen LogP contribution in [0.2, 0.25) is 0 Å². The Hall–Kier alpha value is -2.13. The molecule has 100 valence electrons. The summed E-state index contributed by atoms with van der Waals surface area (Å²) >= 11 is 0. The van der Waals surface area contributed by atoms with Gasteiger partial charge < -0.3 is 0 Å². The molecule has 0 amide bonds. The molecular weight excluding hydrogens is 248 g/mol. The third kappa shape index (κ3) is 1.67. The number of hydrogen-bond donors (Lipinski definition) is 0. The molecule has 3 heteroatoms. The second-order valence-electron chi connectivity index (χ2n) is 5.85. The molecule has 0 spiro atoms. The fraction of sp³-hybridized carbons (Fsp3) is 0.471. The summed E-state index contributed by atoms with van der Waals surface area (Å²) in [5.41, 5.74) is -0.244. The Labute approximate surface area is 118 Å². The van der Waals surface area contributed by atoms with Crippen molar-refractivity contribution in [1.29, 1.82) is 10.5 Å². The van der Waals surface area contributed by atoms with Crippen LogP contribution in [0.15, 0.2) is 36.0 Å². The Bertz CT molecular complexity index is 598. The van der Waals surface area contributed by atoms with Crippen molar-refractivity contribution in [2.24, 2.45) is 23.2 Å². The molecule has 3 atom stereocenters. The molecule has 3 rings (SSSR count). The minimum absolute atomic E-state index is 0.125. The maximum Gasteiger partial charge on any atom is 0.169 e. The number of allylic oxidation sites excluding steroid dienone is 6. The van der Waals surface area contributed by atoms with E-state index in [2.05, 4.69) is 18.2 Å². The van der Waals surface area contributed by atoms with Crippen LogP contribution in [0.5, 0.6) is 0 Å². The lowest BCUT2D eigenvalue weighted by Crippen LogP contribution is -2.27. The largest absolute Gasteiger partial charge is 0.300 e. The lowest BCUT2D eigenvalue weighted by molar-refractivity contribution is -0.120. The second-order valence-corrected chi connectivity index (χ2v) is 5.85. The Morgan fingerprint density at radius 2 is 2.00 bits per heavy atom. The zero-order chi connectivity index (χ0) is 14.2. The fourth-order valence-electron chi connectivity index (χ4n) is 4.06. The number of carbonyl (C=O) groups is 1. The van der Waals surface area contributed by atoms with Crippen LogP contribution in [0.1, 0.15) is 25.7 Å². The van der Waals surface area contributed by atoms with Gasteiger partial charge in [-0.05, 0) is 24.3 Å². The molecule has 3 aliphatic carbocycles. The number of Topliss-reactive ketones (excluding diaryl/α,β-unsaturated/α-hetero) is 1. The summed E-state index contributed by atoms with van der Waals surface area (Å²) in [5.74, 6) is 0.409. The number of nitrogens with zero attached hydrogens (tertiary/aromatic N) is 2. The quantitative estimate of drug-likeness (QED) is 0.675. The van der Waals surface area contributed by atoms with Crippen LogP contribution >= 0.6 is 0 Å². The van der Waals surface area contributed by atoms with Crippen molar-refractivity contribution in [2.75, 3.05) is 0 Å². The third-order valence-corrected chi connectivity index (χ3v) is 4.96. The highest BCUT2D eigenvalue weighted by atomic mass is 16.1. The van der Waals surface area contributed by atoms with Gasteiger partial charge in [-0.1, -0.05) is 30.4 Å². The molecule has 0 bridgehead atoms. The molecule has 0 aromatic rings. The summed E-state index contributed by atoms with van der Waals surface area (Å²) in [6.07, 6.45) is 12.6. The Kier molecular flexibility index (Phi) is 3.07. The van der Waals surface area contributed by atoms with Crippen molar-refractivity contribution in [3.8, 4) is 12.1 Å². The average molecular weight is 264 g/mol. The van der Waals surface area contributed by atoms with Crippen molar-refractivity contribution in [3.05, 3.63) is 36.0 Å². The Morgan fingerprint density at radius 3 is 2.75 bits per heavy atom. The number of fused-ring (bicyclic) bond motifs is 3. The fourth-order valence-corrected chi connectivity index (χ4v) is 4.06. The molecule has 0 aromatic carbocycles. The van der Waals surface area contributed by atoms with E-state index in [0.29, 0.717) is 12.8 Å². The second kappa shape index (κ2) is 4.76. The topological polar surface area (TPSA) is 64.7 Å². The molecular formula is C17H16N2O. The summed E-state index contributed by atoms with van der Waals surface area (Å²) in [6.45, 7) is 0. The molecule has 0 saturated heterocycles. The highest BCUT2D eigenvalue weighted by Gasteiger charge is 2.57. The predicted molar refractivity (Wildman–Crippen MR) is 74.0 cm³/mol. The molecule has 2 fully saturated rings. The zero-order valence-electron chi connectivity index (χ0n) is 11.2. The maximum absolute atomic E-state index is 11.9. The van der Waals surface area contributed by atoms with Gasteiger partial charge in [-0.15, -0.1) is 0 Å². The van der Waals surface area contributed by atoms with Crippen molar-refractivity contribution in [1.82, 2.24) is 0 Å². The summed E-state index contributed by atoms with van der Waals surface area (Å²) in [6, 6.07) is 4.50. The molecule has 2 saturated carbocycles. The van der Waals surface area contributed by atoms with Gasteiger partial charge >= 0.3 is 0 Å². The number of carbonyl (C=O) groups excluding carboxylic acids is 1. The molecule has 0 aliphatic heterocycles. The van der Waals surface area contributed by atoms with Crippen molar-refractivity contribution in [3.63, 3.8) is 0 Å². The first-order valence-electron chi connectivity index (χ1n) is 7.12. The van der Waals surface area contributed by atoms with E-state index in [1.54, 1.807) is 0 Å². The van der Waals surface area contributed by atoms with Gasteiger partial charge in [-0.3, -0.25) is 4.79 Å². The van der Waals surface area contributed by atoms with Gasteiger partial charge in [0.15, 0.2) is 5.41 Å². The van der Waals surface area contributed by atoms with E-state index >= 15 is 0 Å². The first-order valence-corrected chi connectivity index (χ1v) is 7.12.